The molecule has 2 aliphatic rings. The number of hydrogen-bond acceptors (Lipinski definition) is 3. The van der Waals surface area contributed by atoms with E-state index in [1.807, 2.05) is 23.1 Å². The quantitative estimate of drug-likeness (QED) is 0.739. The van der Waals surface area contributed by atoms with Crippen LogP contribution in [0.4, 0.5) is 5.69 Å². The second kappa shape index (κ2) is 5.15. The van der Waals surface area contributed by atoms with Crippen LogP contribution < -0.4 is 11.1 Å². The van der Waals surface area contributed by atoms with Crippen LogP contribution in [-0.4, -0.2) is 29.8 Å². The van der Waals surface area contributed by atoms with Gasteiger partial charge in [0.2, 0.25) is 11.8 Å². The maximum atomic E-state index is 12.5. The lowest BCUT2D eigenvalue weighted by molar-refractivity contribution is -0.138. The Labute approximate surface area is 118 Å². The number of benzene rings is 1. The van der Waals surface area contributed by atoms with Gasteiger partial charge < -0.3 is 16.0 Å². The second-order valence-corrected chi connectivity index (χ2v) is 5.53. The van der Waals surface area contributed by atoms with E-state index in [2.05, 4.69) is 5.32 Å². The zero-order valence-electron chi connectivity index (χ0n) is 11.4. The molecule has 1 unspecified atom stereocenters. The zero-order valence-corrected chi connectivity index (χ0v) is 11.4. The first-order valence-corrected chi connectivity index (χ1v) is 7.07. The lowest BCUT2D eigenvalue weighted by Gasteiger charge is -2.33. The monoisotopic (exact) mass is 273 g/mol. The molecule has 0 spiro atoms. The Morgan fingerprint density at radius 1 is 1.35 bits per heavy atom. The summed E-state index contributed by atoms with van der Waals surface area (Å²) in [6.07, 6.45) is 1.92. The fourth-order valence-electron chi connectivity index (χ4n) is 3.03. The van der Waals surface area contributed by atoms with Gasteiger partial charge in [-0.25, -0.2) is 0 Å². The normalized spacial score (nSPS) is 22.1. The third-order valence-corrected chi connectivity index (χ3v) is 4.23. The highest BCUT2D eigenvalue weighted by Gasteiger charge is 2.30. The Morgan fingerprint density at radius 2 is 2.20 bits per heavy atom. The van der Waals surface area contributed by atoms with Gasteiger partial charge >= 0.3 is 0 Å². The smallest absolute Gasteiger partial charge is 0.227 e. The highest BCUT2D eigenvalue weighted by atomic mass is 16.2. The molecular weight excluding hydrogens is 254 g/mol. The highest BCUT2D eigenvalue weighted by molar-refractivity contribution is 5.84. The molecule has 1 fully saturated rings. The molecule has 5 heteroatoms. The molecule has 2 heterocycles. The average molecular weight is 273 g/mol. The van der Waals surface area contributed by atoms with Crippen molar-refractivity contribution in [1.29, 1.82) is 0 Å². The molecule has 0 aliphatic carbocycles. The van der Waals surface area contributed by atoms with Crippen LogP contribution in [-0.2, 0) is 22.6 Å². The van der Waals surface area contributed by atoms with Gasteiger partial charge in [0, 0.05) is 31.7 Å². The Balaban J connectivity index is 1.70. The standard InChI is InChI=1S/C15H19N3O2/c16-13-3-1-2-11-9-18(7-6-12(11)13)15(20)10-4-5-14(19)17-8-10/h1-3,10H,4-9,16H2,(H,17,19). The van der Waals surface area contributed by atoms with Crippen LogP contribution >= 0.6 is 0 Å². The van der Waals surface area contributed by atoms with Crippen LogP contribution in [0.3, 0.4) is 0 Å². The summed E-state index contributed by atoms with van der Waals surface area (Å²) in [4.78, 5) is 25.5. The van der Waals surface area contributed by atoms with E-state index >= 15 is 0 Å². The van der Waals surface area contributed by atoms with Crippen LogP contribution in [0, 0.1) is 5.92 Å². The number of nitrogens with zero attached hydrogens (tertiary/aromatic N) is 1. The van der Waals surface area contributed by atoms with Crippen molar-refractivity contribution in [2.45, 2.75) is 25.8 Å². The van der Waals surface area contributed by atoms with E-state index < -0.39 is 0 Å². The van der Waals surface area contributed by atoms with Crippen molar-refractivity contribution in [3.63, 3.8) is 0 Å². The van der Waals surface area contributed by atoms with E-state index in [0.717, 1.165) is 17.7 Å². The second-order valence-electron chi connectivity index (χ2n) is 5.53. The van der Waals surface area contributed by atoms with Crippen molar-refractivity contribution in [1.82, 2.24) is 10.2 Å². The Kier molecular flexibility index (Phi) is 3.34. The minimum absolute atomic E-state index is 0.0470. The molecule has 1 aromatic carbocycles. The minimum atomic E-state index is -0.0738. The van der Waals surface area contributed by atoms with Crippen LogP contribution in [0.25, 0.3) is 0 Å². The van der Waals surface area contributed by atoms with Crippen molar-refractivity contribution >= 4 is 17.5 Å². The zero-order chi connectivity index (χ0) is 14.1. The van der Waals surface area contributed by atoms with Crippen molar-refractivity contribution < 1.29 is 9.59 Å². The largest absolute Gasteiger partial charge is 0.398 e. The predicted molar refractivity (Wildman–Crippen MR) is 75.7 cm³/mol. The minimum Gasteiger partial charge on any atom is -0.398 e. The van der Waals surface area contributed by atoms with Crippen LogP contribution in [0.5, 0.6) is 0 Å². The number of nitrogens with one attached hydrogen (secondary N) is 1. The molecule has 0 radical (unpaired) electrons. The Morgan fingerprint density at radius 3 is 2.95 bits per heavy atom. The third-order valence-electron chi connectivity index (χ3n) is 4.23. The Hall–Kier alpha value is -2.04. The summed E-state index contributed by atoms with van der Waals surface area (Å²) in [6.45, 7) is 1.81. The number of carbonyl (C=O) groups is 2. The molecule has 5 nitrogen and oxygen atoms in total. The number of fused-ring (bicyclic) bond motifs is 1. The van der Waals surface area contributed by atoms with Crippen molar-refractivity contribution in [2.24, 2.45) is 5.92 Å². The number of nitrogen functional groups attached to an aromatic ring is 1. The maximum absolute atomic E-state index is 12.5. The molecule has 1 aromatic rings. The molecule has 3 N–H and O–H groups in total. The average Bonchev–Trinajstić information content (AvgIpc) is 2.47. The molecule has 20 heavy (non-hydrogen) atoms. The van der Waals surface area contributed by atoms with Gasteiger partial charge in [-0.2, -0.15) is 0 Å². The van der Waals surface area contributed by atoms with Gasteiger partial charge in [0.05, 0.1) is 5.92 Å². The van der Waals surface area contributed by atoms with E-state index in [9.17, 15) is 9.59 Å². The summed E-state index contributed by atoms with van der Waals surface area (Å²) in [6, 6.07) is 5.88. The number of amides is 2. The van der Waals surface area contributed by atoms with Gasteiger partial charge in [-0.1, -0.05) is 12.1 Å². The van der Waals surface area contributed by atoms with Gasteiger partial charge in [0.15, 0.2) is 0 Å². The number of piperidine rings is 1. The molecule has 0 bridgehead atoms. The first-order valence-electron chi connectivity index (χ1n) is 7.07. The predicted octanol–water partition coefficient (Wildman–Crippen LogP) is 0.680. The lowest BCUT2D eigenvalue weighted by Crippen LogP contribution is -2.46. The van der Waals surface area contributed by atoms with Crippen molar-refractivity contribution in [3.05, 3.63) is 29.3 Å². The molecule has 2 aliphatic heterocycles. The van der Waals surface area contributed by atoms with E-state index in [1.165, 1.54) is 5.56 Å². The summed E-state index contributed by atoms with van der Waals surface area (Å²) in [7, 11) is 0. The first-order chi connectivity index (χ1) is 9.65. The van der Waals surface area contributed by atoms with Gasteiger partial charge in [0.25, 0.3) is 0 Å². The Bertz CT molecular complexity index is 546. The summed E-state index contributed by atoms with van der Waals surface area (Å²) in [5.74, 6) is 0.124. The molecule has 2 amide bonds. The summed E-state index contributed by atoms with van der Waals surface area (Å²) in [5.41, 5.74) is 9.11. The van der Waals surface area contributed by atoms with Gasteiger partial charge in [-0.15, -0.1) is 0 Å². The van der Waals surface area contributed by atoms with Gasteiger partial charge in [-0.05, 0) is 30.0 Å². The topological polar surface area (TPSA) is 75.4 Å². The molecule has 1 atom stereocenters. The van der Waals surface area contributed by atoms with E-state index in [1.54, 1.807) is 0 Å². The summed E-state index contributed by atoms with van der Waals surface area (Å²) >= 11 is 0. The number of hydrogen-bond donors (Lipinski definition) is 2. The van der Waals surface area contributed by atoms with E-state index in [0.29, 0.717) is 32.5 Å². The fraction of sp³-hybridized carbons (Fsp3) is 0.467. The molecular formula is C15H19N3O2. The van der Waals surface area contributed by atoms with E-state index in [4.69, 9.17) is 5.73 Å². The molecule has 0 saturated carbocycles. The van der Waals surface area contributed by atoms with Crippen molar-refractivity contribution in [2.75, 3.05) is 18.8 Å². The van der Waals surface area contributed by atoms with Gasteiger partial charge in [-0.3, -0.25) is 9.59 Å². The van der Waals surface area contributed by atoms with Gasteiger partial charge in [0.1, 0.15) is 0 Å². The van der Waals surface area contributed by atoms with Crippen LogP contribution in [0.1, 0.15) is 24.0 Å². The summed E-state index contributed by atoms with van der Waals surface area (Å²) in [5, 5.41) is 2.77. The van der Waals surface area contributed by atoms with E-state index in [-0.39, 0.29) is 17.7 Å². The van der Waals surface area contributed by atoms with Crippen molar-refractivity contribution in [3.8, 4) is 0 Å². The maximum Gasteiger partial charge on any atom is 0.227 e. The number of carbonyl (C=O) groups excluding carboxylic acids is 2. The third kappa shape index (κ3) is 2.35. The number of nitrogens with two attached hydrogens (primary N) is 1. The molecule has 106 valence electrons. The number of anilines is 1. The molecule has 1 saturated heterocycles. The first kappa shape index (κ1) is 13.0. The number of rotatable bonds is 1. The summed E-state index contributed by atoms with van der Waals surface area (Å²) < 4.78 is 0. The molecule has 0 aromatic heterocycles. The highest BCUT2D eigenvalue weighted by Crippen LogP contribution is 2.26. The van der Waals surface area contributed by atoms with Crippen LogP contribution in [0.2, 0.25) is 0 Å². The van der Waals surface area contributed by atoms with Crippen LogP contribution in [0.15, 0.2) is 18.2 Å². The molecule has 3 rings (SSSR count). The SMILES string of the molecule is Nc1cccc2c1CCN(C(=O)C1CCC(=O)NC1)C2. The lowest BCUT2D eigenvalue weighted by atomic mass is 9.94. The fourth-order valence-corrected chi connectivity index (χ4v) is 3.03.